The number of oxazole rings is 1. The number of aromatic nitrogens is 5. The minimum atomic E-state index is -0.0704. The number of aryl methyl sites for hydroxylation is 2. The van der Waals surface area contributed by atoms with Gasteiger partial charge in [0.1, 0.15) is 22.1 Å². The van der Waals surface area contributed by atoms with Crippen LogP contribution in [0.2, 0.25) is 0 Å². The summed E-state index contributed by atoms with van der Waals surface area (Å²) in [5, 5.41) is 4.60. The van der Waals surface area contributed by atoms with Gasteiger partial charge in [-0.05, 0) is 31.2 Å². The van der Waals surface area contributed by atoms with E-state index in [0.717, 1.165) is 34.6 Å². The van der Waals surface area contributed by atoms with Crippen LogP contribution in [-0.2, 0) is 24.8 Å². The van der Waals surface area contributed by atoms with Crippen LogP contribution < -0.4 is 5.32 Å². The lowest BCUT2D eigenvalue weighted by molar-refractivity contribution is 0.385. The molecule has 0 aliphatic heterocycles. The zero-order chi connectivity index (χ0) is 20.7. The van der Waals surface area contributed by atoms with Gasteiger partial charge < -0.3 is 9.73 Å². The Morgan fingerprint density at radius 2 is 1.93 bits per heavy atom. The van der Waals surface area contributed by atoms with Gasteiger partial charge in [0, 0.05) is 22.7 Å². The van der Waals surface area contributed by atoms with E-state index < -0.39 is 0 Å². The van der Waals surface area contributed by atoms with Crippen LogP contribution in [0.5, 0.6) is 0 Å². The van der Waals surface area contributed by atoms with Crippen molar-refractivity contribution in [3.63, 3.8) is 0 Å². The minimum Gasteiger partial charge on any atom is -0.443 e. The van der Waals surface area contributed by atoms with Gasteiger partial charge in [0.05, 0.1) is 24.3 Å². The van der Waals surface area contributed by atoms with Crippen LogP contribution in [0.1, 0.15) is 55.7 Å². The zero-order valence-electron chi connectivity index (χ0n) is 17.4. The van der Waals surface area contributed by atoms with E-state index in [9.17, 15) is 0 Å². The molecule has 4 heterocycles. The van der Waals surface area contributed by atoms with Crippen molar-refractivity contribution in [2.75, 3.05) is 5.32 Å². The molecule has 5 rings (SSSR count). The normalized spacial score (nSPS) is 14.1. The molecule has 0 amide bonds. The number of fused-ring (bicyclic) bond motifs is 3. The summed E-state index contributed by atoms with van der Waals surface area (Å²) in [6, 6.07) is 0. The third-order valence-corrected chi connectivity index (χ3v) is 6.49. The molecule has 30 heavy (non-hydrogen) atoms. The molecule has 154 valence electrons. The quantitative estimate of drug-likeness (QED) is 0.501. The first-order valence-corrected chi connectivity index (χ1v) is 11.1. The molecule has 4 aromatic heterocycles. The third kappa shape index (κ3) is 3.56. The number of rotatable bonds is 4. The number of nitrogens with zero attached hydrogens (tertiary/aromatic N) is 5. The lowest BCUT2D eigenvalue weighted by atomic mass is 9.94. The van der Waals surface area contributed by atoms with E-state index in [2.05, 4.69) is 41.0 Å². The van der Waals surface area contributed by atoms with Crippen molar-refractivity contribution in [3.05, 3.63) is 46.9 Å². The van der Waals surface area contributed by atoms with Crippen molar-refractivity contribution in [2.24, 2.45) is 0 Å². The Morgan fingerprint density at radius 1 is 1.07 bits per heavy atom. The molecular weight excluding hydrogens is 396 g/mol. The molecule has 0 atom stereocenters. The largest absolute Gasteiger partial charge is 0.443 e. The first-order chi connectivity index (χ1) is 14.5. The maximum atomic E-state index is 5.95. The molecule has 4 aromatic rings. The van der Waals surface area contributed by atoms with Crippen molar-refractivity contribution in [1.29, 1.82) is 0 Å². The molecular formula is C22H24N6OS. The van der Waals surface area contributed by atoms with Crippen LogP contribution in [0.4, 0.5) is 5.82 Å². The summed E-state index contributed by atoms with van der Waals surface area (Å²) >= 11 is 1.77. The predicted molar refractivity (Wildman–Crippen MR) is 118 cm³/mol. The highest BCUT2D eigenvalue weighted by atomic mass is 32.1. The average molecular weight is 421 g/mol. The lowest BCUT2D eigenvalue weighted by Crippen LogP contribution is -2.09. The van der Waals surface area contributed by atoms with E-state index in [0.29, 0.717) is 24.0 Å². The zero-order valence-corrected chi connectivity index (χ0v) is 18.2. The van der Waals surface area contributed by atoms with E-state index in [-0.39, 0.29) is 5.41 Å². The van der Waals surface area contributed by atoms with Crippen molar-refractivity contribution in [1.82, 2.24) is 24.9 Å². The standard InChI is InChI=1S/C22H24N6OS/c1-22(2,3)16-11-25-17(29-16)12-26-20-18-13-6-4-5-7-15(13)30-21(18)28-19(27-20)14-10-23-8-9-24-14/h8-11H,4-7,12H2,1-3H3,(H,26,27,28). The van der Waals surface area contributed by atoms with Crippen LogP contribution >= 0.6 is 11.3 Å². The monoisotopic (exact) mass is 420 g/mol. The fraction of sp³-hybridized carbons (Fsp3) is 0.409. The first-order valence-electron chi connectivity index (χ1n) is 10.3. The maximum absolute atomic E-state index is 5.95. The fourth-order valence-electron chi connectivity index (χ4n) is 3.71. The van der Waals surface area contributed by atoms with Crippen molar-refractivity contribution >= 4 is 27.4 Å². The van der Waals surface area contributed by atoms with E-state index in [4.69, 9.17) is 14.4 Å². The molecule has 0 unspecified atom stereocenters. The van der Waals surface area contributed by atoms with Crippen LogP contribution in [-0.4, -0.2) is 24.9 Å². The number of hydrogen-bond acceptors (Lipinski definition) is 8. The summed E-state index contributed by atoms with van der Waals surface area (Å²) < 4.78 is 5.95. The Hall–Kier alpha value is -2.87. The summed E-state index contributed by atoms with van der Waals surface area (Å²) in [5.74, 6) is 2.92. The maximum Gasteiger partial charge on any atom is 0.213 e. The SMILES string of the molecule is CC(C)(C)c1cnc(CNc2nc(-c3cnccn3)nc3sc4c(c23)CCCC4)o1. The summed E-state index contributed by atoms with van der Waals surface area (Å²) in [5.41, 5.74) is 1.98. The van der Waals surface area contributed by atoms with Crippen LogP contribution in [0.3, 0.4) is 0 Å². The van der Waals surface area contributed by atoms with E-state index in [1.54, 1.807) is 29.9 Å². The van der Waals surface area contributed by atoms with E-state index >= 15 is 0 Å². The third-order valence-electron chi connectivity index (χ3n) is 5.31. The number of anilines is 1. The molecule has 0 fully saturated rings. The van der Waals surface area contributed by atoms with E-state index in [1.165, 1.54) is 23.3 Å². The van der Waals surface area contributed by atoms with Gasteiger partial charge >= 0.3 is 0 Å². The summed E-state index contributed by atoms with van der Waals surface area (Å²) in [6.45, 7) is 6.81. The van der Waals surface area contributed by atoms with Crippen LogP contribution in [0, 0.1) is 0 Å². The molecule has 1 aliphatic carbocycles. The highest BCUT2D eigenvalue weighted by molar-refractivity contribution is 7.19. The second-order valence-electron chi connectivity index (χ2n) is 8.60. The molecule has 0 saturated heterocycles. The van der Waals surface area contributed by atoms with Gasteiger partial charge in [-0.2, -0.15) is 0 Å². The van der Waals surface area contributed by atoms with Crippen molar-refractivity contribution < 1.29 is 4.42 Å². The Morgan fingerprint density at radius 3 is 2.70 bits per heavy atom. The molecule has 7 nitrogen and oxygen atoms in total. The van der Waals surface area contributed by atoms with Crippen molar-refractivity contribution in [3.8, 4) is 11.5 Å². The van der Waals surface area contributed by atoms with Crippen LogP contribution in [0.15, 0.2) is 29.2 Å². The number of thiophene rings is 1. The Labute approximate surface area is 179 Å². The number of hydrogen-bond donors (Lipinski definition) is 1. The Balaban J connectivity index is 1.55. The van der Waals surface area contributed by atoms with Crippen LogP contribution in [0.25, 0.3) is 21.7 Å². The van der Waals surface area contributed by atoms with Gasteiger partial charge in [-0.1, -0.05) is 20.8 Å². The van der Waals surface area contributed by atoms with Gasteiger partial charge in [0.2, 0.25) is 5.89 Å². The molecule has 0 radical (unpaired) electrons. The minimum absolute atomic E-state index is 0.0704. The second kappa shape index (κ2) is 7.43. The van der Waals surface area contributed by atoms with Gasteiger partial charge in [-0.25, -0.2) is 19.9 Å². The summed E-state index contributed by atoms with van der Waals surface area (Å²) in [7, 11) is 0. The molecule has 1 N–H and O–H groups in total. The number of nitrogens with one attached hydrogen (secondary N) is 1. The summed E-state index contributed by atoms with van der Waals surface area (Å²) in [6.07, 6.45) is 11.5. The van der Waals surface area contributed by atoms with Gasteiger partial charge in [0.25, 0.3) is 0 Å². The Bertz CT molecular complexity index is 1190. The predicted octanol–water partition coefficient (Wildman–Crippen LogP) is 4.92. The topological polar surface area (TPSA) is 89.6 Å². The first kappa shape index (κ1) is 19.1. The van der Waals surface area contributed by atoms with E-state index in [1.807, 2.05) is 6.20 Å². The van der Waals surface area contributed by atoms with Crippen molar-refractivity contribution in [2.45, 2.75) is 58.4 Å². The van der Waals surface area contributed by atoms with Gasteiger partial charge in [-0.15, -0.1) is 11.3 Å². The average Bonchev–Trinajstić information content (AvgIpc) is 3.37. The molecule has 1 aliphatic rings. The fourth-order valence-corrected chi connectivity index (χ4v) is 4.97. The smallest absolute Gasteiger partial charge is 0.213 e. The molecule has 0 spiro atoms. The lowest BCUT2D eigenvalue weighted by Gasteiger charge is -2.14. The summed E-state index contributed by atoms with van der Waals surface area (Å²) in [4.78, 5) is 25.1. The molecule has 8 heteroatoms. The molecule has 0 bridgehead atoms. The second-order valence-corrected chi connectivity index (χ2v) is 9.68. The van der Waals surface area contributed by atoms with Gasteiger partial charge in [0.15, 0.2) is 5.82 Å². The molecule has 0 aromatic carbocycles. The highest BCUT2D eigenvalue weighted by Crippen LogP contribution is 2.39. The molecule has 0 saturated carbocycles. The van der Waals surface area contributed by atoms with Gasteiger partial charge in [-0.3, -0.25) is 4.98 Å². The Kier molecular flexibility index (Phi) is 4.73. The highest BCUT2D eigenvalue weighted by Gasteiger charge is 2.23.